The molecule has 35 heavy (non-hydrogen) atoms. The molecule has 3 rings (SSSR count). The van der Waals surface area contributed by atoms with Gasteiger partial charge >= 0.3 is 0 Å². The molecule has 0 aliphatic heterocycles. The maximum atomic E-state index is 13.6. The zero-order valence-electron chi connectivity index (χ0n) is 21.0. The minimum Gasteiger partial charge on any atom is -0.484 e. The van der Waals surface area contributed by atoms with Crippen LogP contribution in [0.2, 0.25) is 0 Å². The lowest BCUT2D eigenvalue weighted by Gasteiger charge is -2.31. The molecule has 0 spiro atoms. The van der Waals surface area contributed by atoms with Crippen molar-refractivity contribution in [2.75, 3.05) is 13.2 Å². The average molecular weight is 473 g/mol. The highest BCUT2D eigenvalue weighted by Gasteiger charge is 2.30. The molecule has 0 unspecified atom stereocenters. The molecule has 0 fully saturated rings. The van der Waals surface area contributed by atoms with Crippen molar-refractivity contribution in [3.63, 3.8) is 0 Å². The first-order chi connectivity index (χ1) is 17.0. The Balaban J connectivity index is 1.87. The van der Waals surface area contributed by atoms with Gasteiger partial charge in [-0.3, -0.25) is 9.59 Å². The highest BCUT2D eigenvalue weighted by molar-refractivity contribution is 5.88. The van der Waals surface area contributed by atoms with Crippen LogP contribution in [0.1, 0.15) is 42.0 Å². The number of carbonyl (C=O) groups excluding carboxylic acids is 2. The molecule has 0 aliphatic carbocycles. The van der Waals surface area contributed by atoms with Gasteiger partial charge < -0.3 is 15.0 Å². The van der Waals surface area contributed by atoms with E-state index >= 15 is 0 Å². The number of benzene rings is 3. The first-order valence-electron chi connectivity index (χ1n) is 12.3. The van der Waals surface area contributed by atoms with E-state index in [4.69, 9.17) is 4.74 Å². The topological polar surface area (TPSA) is 58.6 Å². The highest BCUT2D eigenvalue weighted by Crippen LogP contribution is 2.17. The Bertz CT molecular complexity index is 1080. The number of amides is 2. The van der Waals surface area contributed by atoms with Crippen molar-refractivity contribution in [1.29, 1.82) is 0 Å². The number of hydrogen-bond donors (Lipinski definition) is 1. The molecule has 0 aromatic heterocycles. The first-order valence-corrected chi connectivity index (χ1v) is 12.3. The molecule has 0 bridgehead atoms. The van der Waals surface area contributed by atoms with E-state index < -0.39 is 6.04 Å². The molecule has 1 atom stereocenters. The number of rotatable bonds is 12. The summed E-state index contributed by atoms with van der Waals surface area (Å²) in [5, 5.41) is 3.04. The van der Waals surface area contributed by atoms with E-state index in [9.17, 15) is 9.59 Å². The molecule has 0 saturated heterocycles. The highest BCUT2D eigenvalue weighted by atomic mass is 16.5. The summed E-state index contributed by atoms with van der Waals surface area (Å²) in [6.07, 6.45) is 2.31. The summed E-state index contributed by atoms with van der Waals surface area (Å²) < 4.78 is 5.84. The van der Waals surface area contributed by atoms with E-state index in [1.807, 2.05) is 92.7 Å². The van der Waals surface area contributed by atoms with Crippen LogP contribution in [0.25, 0.3) is 0 Å². The van der Waals surface area contributed by atoms with Crippen LogP contribution in [0.3, 0.4) is 0 Å². The van der Waals surface area contributed by atoms with Crippen LogP contribution < -0.4 is 10.1 Å². The van der Waals surface area contributed by atoms with Crippen molar-refractivity contribution >= 4 is 11.8 Å². The van der Waals surface area contributed by atoms with Gasteiger partial charge in [-0.15, -0.1) is 0 Å². The molecule has 1 N–H and O–H groups in total. The Kier molecular flexibility index (Phi) is 9.91. The van der Waals surface area contributed by atoms with Crippen LogP contribution in [0.5, 0.6) is 5.75 Å². The first kappa shape index (κ1) is 26.0. The molecule has 0 saturated carbocycles. The summed E-state index contributed by atoms with van der Waals surface area (Å²) in [4.78, 5) is 28.6. The largest absolute Gasteiger partial charge is 0.484 e. The monoisotopic (exact) mass is 472 g/mol. The number of ether oxygens (including phenoxy) is 1. The van der Waals surface area contributed by atoms with Gasteiger partial charge in [-0.05, 0) is 49.1 Å². The predicted octanol–water partition coefficient (Wildman–Crippen LogP) is 5.24. The second kappa shape index (κ2) is 13.3. The fourth-order valence-electron chi connectivity index (χ4n) is 3.88. The normalized spacial score (nSPS) is 11.5. The quantitative estimate of drug-likeness (QED) is 0.367. The van der Waals surface area contributed by atoms with E-state index in [2.05, 4.69) is 12.2 Å². The van der Waals surface area contributed by atoms with Crippen molar-refractivity contribution in [3.8, 4) is 5.75 Å². The smallest absolute Gasteiger partial charge is 0.261 e. The maximum Gasteiger partial charge on any atom is 0.261 e. The summed E-state index contributed by atoms with van der Waals surface area (Å²) in [5.74, 6) is 0.276. The van der Waals surface area contributed by atoms with Crippen LogP contribution in [0.4, 0.5) is 0 Å². The molecule has 3 aromatic carbocycles. The Labute approximate surface area is 209 Å². The number of hydrogen-bond acceptors (Lipinski definition) is 3. The number of unbranched alkanes of at least 4 members (excludes halogenated alkanes) is 1. The lowest BCUT2D eigenvalue weighted by molar-refractivity contribution is -0.142. The van der Waals surface area contributed by atoms with E-state index in [0.29, 0.717) is 25.3 Å². The Hall–Kier alpha value is -3.60. The summed E-state index contributed by atoms with van der Waals surface area (Å²) in [6.45, 7) is 6.88. The third-order valence-electron chi connectivity index (χ3n) is 5.93. The number of aryl methyl sites for hydroxylation is 2. The zero-order chi connectivity index (χ0) is 25.0. The summed E-state index contributed by atoms with van der Waals surface area (Å²) >= 11 is 0. The van der Waals surface area contributed by atoms with E-state index in [0.717, 1.165) is 35.1 Å². The van der Waals surface area contributed by atoms with Gasteiger partial charge in [0.1, 0.15) is 11.8 Å². The molecule has 5 heteroatoms. The van der Waals surface area contributed by atoms with Gasteiger partial charge in [0.2, 0.25) is 5.91 Å². The van der Waals surface area contributed by atoms with Crippen molar-refractivity contribution in [2.45, 2.75) is 52.6 Å². The number of nitrogens with one attached hydrogen (secondary N) is 1. The van der Waals surface area contributed by atoms with Crippen molar-refractivity contribution < 1.29 is 14.3 Å². The van der Waals surface area contributed by atoms with Crippen molar-refractivity contribution in [3.05, 3.63) is 101 Å². The minimum absolute atomic E-state index is 0.136. The Morgan fingerprint density at radius 3 is 2.31 bits per heavy atom. The Morgan fingerprint density at radius 2 is 1.63 bits per heavy atom. The predicted molar refractivity (Wildman–Crippen MR) is 140 cm³/mol. The molecule has 0 aliphatic rings. The fourth-order valence-corrected chi connectivity index (χ4v) is 3.88. The van der Waals surface area contributed by atoms with Crippen molar-refractivity contribution in [1.82, 2.24) is 10.2 Å². The molecule has 5 nitrogen and oxygen atoms in total. The number of nitrogens with zero attached hydrogens (tertiary/aromatic N) is 1. The van der Waals surface area contributed by atoms with Crippen LogP contribution in [-0.4, -0.2) is 35.9 Å². The number of carbonyl (C=O) groups is 2. The third kappa shape index (κ3) is 8.29. The second-order valence-corrected chi connectivity index (χ2v) is 8.96. The van der Waals surface area contributed by atoms with Crippen LogP contribution in [-0.2, 0) is 22.6 Å². The van der Waals surface area contributed by atoms with Gasteiger partial charge in [-0.2, -0.15) is 0 Å². The van der Waals surface area contributed by atoms with Crippen LogP contribution in [0, 0.1) is 13.8 Å². The lowest BCUT2D eigenvalue weighted by Crippen LogP contribution is -2.51. The maximum absolute atomic E-state index is 13.6. The zero-order valence-corrected chi connectivity index (χ0v) is 21.0. The van der Waals surface area contributed by atoms with Crippen molar-refractivity contribution in [2.24, 2.45) is 0 Å². The SMILES string of the molecule is CCCCNC(=O)[C@@H](Cc1ccccc1)N(Cc1ccc(C)cc1)C(=O)COc1cccc(C)c1. The molecule has 184 valence electrons. The summed E-state index contributed by atoms with van der Waals surface area (Å²) in [5.41, 5.74) is 4.18. The van der Waals surface area contributed by atoms with Gasteiger partial charge in [0.25, 0.3) is 5.91 Å². The minimum atomic E-state index is -0.649. The molecular weight excluding hydrogens is 436 g/mol. The molecule has 0 radical (unpaired) electrons. The van der Waals surface area contributed by atoms with Crippen LogP contribution in [0.15, 0.2) is 78.9 Å². The summed E-state index contributed by atoms with van der Waals surface area (Å²) in [6, 6.07) is 24.9. The third-order valence-corrected chi connectivity index (χ3v) is 5.93. The van der Waals surface area contributed by atoms with Gasteiger partial charge in [-0.25, -0.2) is 0 Å². The fraction of sp³-hybridized carbons (Fsp3) is 0.333. The van der Waals surface area contributed by atoms with E-state index in [1.165, 1.54) is 0 Å². The second-order valence-electron chi connectivity index (χ2n) is 8.96. The standard InChI is InChI=1S/C30H36N2O3/c1-4-5-18-31-30(34)28(20-25-11-7-6-8-12-25)32(21-26-16-14-23(2)15-17-26)29(33)22-35-27-13-9-10-24(3)19-27/h6-17,19,28H,4-5,18,20-22H2,1-3H3,(H,31,34)/t28-/m1/s1. The molecular formula is C30H36N2O3. The van der Waals surface area contributed by atoms with Gasteiger partial charge in [-0.1, -0.05) is 85.6 Å². The molecule has 2 amide bonds. The van der Waals surface area contributed by atoms with E-state index in [1.54, 1.807) is 4.90 Å². The van der Waals surface area contributed by atoms with Gasteiger partial charge in [0.05, 0.1) is 0 Å². The van der Waals surface area contributed by atoms with E-state index in [-0.39, 0.29) is 18.4 Å². The lowest BCUT2D eigenvalue weighted by atomic mass is 10.0. The van der Waals surface area contributed by atoms with Crippen LogP contribution >= 0.6 is 0 Å². The van der Waals surface area contributed by atoms with Gasteiger partial charge in [0, 0.05) is 19.5 Å². The molecule has 3 aromatic rings. The summed E-state index contributed by atoms with van der Waals surface area (Å²) in [7, 11) is 0. The Morgan fingerprint density at radius 1 is 0.886 bits per heavy atom. The average Bonchev–Trinajstić information content (AvgIpc) is 2.86. The van der Waals surface area contributed by atoms with Gasteiger partial charge in [0.15, 0.2) is 6.61 Å². The molecule has 0 heterocycles.